The van der Waals surface area contributed by atoms with Gasteiger partial charge in [0.25, 0.3) is 0 Å². The number of hydrogen-bond acceptors (Lipinski definition) is 16. The highest BCUT2D eigenvalue weighted by molar-refractivity contribution is 5.02. The van der Waals surface area contributed by atoms with E-state index < -0.39 is 80.0 Å². The number of ether oxygens (including phenoxy) is 4. The molecule has 16 nitrogen and oxygen atoms in total. The highest BCUT2D eigenvalue weighted by Crippen LogP contribution is 2.31. The van der Waals surface area contributed by atoms with Gasteiger partial charge in [-0.25, -0.2) is 0 Å². The molecule has 0 aromatic heterocycles. The fourth-order valence-electron chi connectivity index (χ4n) is 5.77. The quantitative estimate of drug-likeness (QED) is 0.0770. The predicted molar refractivity (Wildman–Crippen MR) is 153 cm³/mol. The summed E-state index contributed by atoms with van der Waals surface area (Å²) in [4.78, 5) is 0. The molecule has 0 bridgehead atoms. The fourth-order valence-corrected chi connectivity index (χ4v) is 5.77. The first-order chi connectivity index (χ1) is 20.0. The number of aliphatic hydroxyl groups excluding tert-OH is 5. The number of hydrogen-bond donors (Lipinski definition) is 12. The number of nitrogens with two attached hydrogens (primary N) is 5. The van der Waals surface area contributed by atoms with Crippen molar-refractivity contribution in [1.82, 2.24) is 10.6 Å². The van der Waals surface area contributed by atoms with Crippen molar-refractivity contribution in [2.75, 3.05) is 32.8 Å². The maximum absolute atomic E-state index is 11.6. The van der Waals surface area contributed by atoms with Crippen molar-refractivity contribution in [2.45, 2.75) is 131 Å². The van der Waals surface area contributed by atoms with Crippen molar-refractivity contribution in [3.8, 4) is 0 Å². The van der Waals surface area contributed by atoms with Crippen LogP contribution in [0.2, 0.25) is 0 Å². The van der Waals surface area contributed by atoms with E-state index in [9.17, 15) is 25.5 Å². The summed E-state index contributed by atoms with van der Waals surface area (Å²) in [6.07, 6.45) is -6.97. The molecule has 15 unspecified atom stereocenters. The number of rotatable bonds is 15. The summed E-state index contributed by atoms with van der Waals surface area (Å²) in [5.41, 5.74) is 29.8. The molecule has 2 aliphatic heterocycles. The number of nitrogens with one attached hydrogen (secondary N) is 2. The molecule has 0 spiro atoms. The molecule has 2 heterocycles. The lowest BCUT2D eigenvalue weighted by Gasteiger charge is -2.48. The smallest absolute Gasteiger partial charge is 0.186 e. The van der Waals surface area contributed by atoms with E-state index in [0.717, 1.165) is 25.7 Å². The van der Waals surface area contributed by atoms with Crippen LogP contribution in [0.3, 0.4) is 0 Å². The van der Waals surface area contributed by atoms with Crippen LogP contribution in [0.15, 0.2) is 0 Å². The van der Waals surface area contributed by atoms with E-state index in [2.05, 4.69) is 10.6 Å². The summed E-state index contributed by atoms with van der Waals surface area (Å²) >= 11 is 0. The van der Waals surface area contributed by atoms with E-state index >= 15 is 0 Å². The SMILES string of the molecule is CC(N)CCCNC1CCC(CN)OC1OC1C(N)CC(NCC(O)CN)C(OC2OC(CO)C(O)C(N)C2O)C1O. The third kappa shape index (κ3) is 9.43. The molecule has 0 aromatic carbocycles. The first-order valence-electron chi connectivity index (χ1n) is 15.1. The third-order valence-electron chi connectivity index (χ3n) is 8.39. The van der Waals surface area contributed by atoms with E-state index in [4.69, 9.17) is 47.6 Å². The van der Waals surface area contributed by atoms with Crippen LogP contribution in [-0.2, 0) is 18.9 Å². The Morgan fingerprint density at radius 1 is 0.929 bits per heavy atom. The molecular formula is C26H55N7O9. The molecule has 3 rings (SSSR count). The average molecular weight is 610 g/mol. The van der Waals surface area contributed by atoms with Gasteiger partial charge in [0, 0.05) is 37.8 Å². The standard InChI is InChI=1S/C26H55N7O9/c1-12(29)3-2-6-32-16-5-4-14(9-28)39-25(16)41-23-15(30)7-17(33-10-13(35)8-27)24(22(23)38)42-26-21(37)19(31)20(36)18(11-34)40-26/h12-26,32-38H,2-11,27-31H2,1H3. The van der Waals surface area contributed by atoms with Gasteiger partial charge in [0.2, 0.25) is 0 Å². The third-order valence-corrected chi connectivity index (χ3v) is 8.39. The van der Waals surface area contributed by atoms with Crippen molar-refractivity contribution < 1.29 is 44.5 Å². The number of aliphatic hydroxyl groups is 5. The van der Waals surface area contributed by atoms with Crippen LogP contribution in [0.4, 0.5) is 0 Å². The fraction of sp³-hybridized carbons (Fsp3) is 1.00. The zero-order chi connectivity index (χ0) is 31.0. The van der Waals surface area contributed by atoms with Crippen molar-refractivity contribution >= 4 is 0 Å². The monoisotopic (exact) mass is 609 g/mol. The Balaban J connectivity index is 1.77. The van der Waals surface area contributed by atoms with Gasteiger partial charge in [-0.1, -0.05) is 0 Å². The lowest BCUT2D eigenvalue weighted by molar-refractivity contribution is -0.314. The first-order valence-corrected chi connectivity index (χ1v) is 15.1. The Morgan fingerprint density at radius 3 is 2.29 bits per heavy atom. The summed E-state index contributed by atoms with van der Waals surface area (Å²) < 4.78 is 24.3. The van der Waals surface area contributed by atoms with Crippen molar-refractivity contribution in [3.63, 3.8) is 0 Å². The second kappa shape index (κ2) is 17.2. The summed E-state index contributed by atoms with van der Waals surface area (Å²) in [5.74, 6) is 0. The van der Waals surface area contributed by atoms with E-state index in [1.54, 1.807) is 0 Å². The molecule has 0 radical (unpaired) electrons. The van der Waals surface area contributed by atoms with Gasteiger partial charge in [0.15, 0.2) is 12.6 Å². The van der Waals surface area contributed by atoms with E-state index in [0.29, 0.717) is 13.1 Å². The molecular weight excluding hydrogens is 554 g/mol. The summed E-state index contributed by atoms with van der Waals surface area (Å²) in [6, 6.07) is -2.53. The normalized spacial score (nSPS) is 42.8. The first kappa shape index (κ1) is 35.8. The van der Waals surface area contributed by atoms with Crippen LogP contribution in [0.25, 0.3) is 0 Å². The van der Waals surface area contributed by atoms with Gasteiger partial charge < -0.3 is 83.8 Å². The molecule has 2 saturated heterocycles. The second-order valence-electron chi connectivity index (χ2n) is 11.9. The predicted octanol–water partition coefficient (Wildman–Crippen LogP) is -5.56. The minimum Gasteiger partial charge on any atom is -0.394 e. The summed E-state index contributed by atoms with van der Waals surface area (Å²) in [7, 11) is 0. The highest BCUT2D eigenvalue weighted by Gasteiger charge is 2.50. The van der Waals surface area contributed by atoms with Gasteiger partial charge in [-0.05, 0) is 45.6 Å². The minimum absolute atomic E-state index is 0.0148. The van der Waals surface area contributed by atoms with Gasteiger partial charge in [-0.2, -0.15) is 0 Å². The zero-order valence-corrected chi connectivity index (χ0v) is 24.5. The van der Waals surface area contributed by atoms with Crippen molar-refractivity contribution in [1.29, 1.82) is 0 Å². The van der Waals surface area contributed by atoms with E-state index in [1.807, 2.05) is 6.92 Å². The van der Waals surface area contributed by atoms with Crippen molar-refractivity contribution in [2.24, 2.45) is 28.7 Å². The van der Waals surface area contributed by atoms with E-state index in [1.165, 1.54) is 0 Å². The zero-order valence-electron chi connectivity index (χ0n) is 24.5. The van der Waals surface area contributed by atoms with Gasteiger partial charge in [0.1, 0.15) is 36.6 Å². The molecule has 16 heteroatoms. The van der Waals surface area contributed by atoms with Crippen LogP contribution in [0.1, 0.15) is 39.0 Å². The van der Waals surface area contributed by atoms with Crippen LogP contribution in [-0.4, -0.2) is 150 Å². The van der Waals surface area contributed by atoms with Crippen LogP contribution in [0, 0.1) is 0 Å². The van der Waals surface area contributed by atoms with Crippen LogP contribution < -0.4 is 39.3 Å². The second-order valence-corrected chi connectivity index (χ2v) is 11.9. The Bertz CT molecular complexity index is 776. The topological polar surface area (TPSA) is 292 Å². The largest absolute Gasteiger partial charge is 0.394 e. The molecule has 15 atom stereocenters. The van der Waals surface area contributed by atoms with Crippen LogP contribution >= 0.6 is 0 Å². The Kier molecular flexibility index (Phi) is 14.6. The molecule has 0 aromatic rings. The maximum Gasteiger partial charge on any atom is 0.186 e. The molecule has 3 aliphatic rings. The van der Waals surface area contributed by atoms with E-state index in [-0.39, 0.29) is 37.7 Å². The lowest BCUT2D eigenvalue weighted by atomic mass is 9.83. The molecule has 42 heavy (non-hydrogen) atoms. The Morgan fingerprint density at radius 2 is 1.64 bits per heavy atom. The molecule has 248 valence electrons. The molecule has 3 fully saturated rings. The average Bonchev–Trinajstić information content (AvgIpc) is 2.97. The minimum atomic E-state index is -1.46. The van der Waals surface area contributed by atoms with Gasteiger partial charge >= 0.3 is 0 Å². The van der Waals surface area contributed by atoms with Gasteiger partial charge in [-0.3, -0.25) is 0 Å². The Labute approximate surface area is 247 Å². The Hall–Kier alpha value is -0.640. The summed E-state index contributed by atoms with van der Waals surface area (Å²) in [5, 5.41) is 58.9. The van der Waals surface area contributed by atoms with Gasteiger partial charge in [-0.15, -0.1) is 0 Å². The van der Waals surface area contributed by atoms with Crippen LogP contribution in [0.5, 0.6) is 0 Å². The highest BCUT2D eigenvalue weighted by atomic mass is 16.7. The lowest BCUT2D eigenvalue weighted by Crippen LogP contribution is -2.68. The molecule has 0 amide bonds. The molecule has 1 aliphatic carbocycles. The maximum atomic E-state index is 11.6. The molecule has 17 N–H and O–H groups in total. The molecule has 1 saturated carbocycles. The van der Waals surface area contributed by atoms with Gasteiger partial charge in [0.05, 0.1) is 30.9 Å². The summed E-state index contributed by atoms with van der Waals surface area (Å²) in [6.45, 7) is 2.53. The van der Waals surface area contributed by atoms with Crippen molar-refractivity contribution in [3.05, 3.63) is 0 Å².